The van der Waals surface area contributed by atoms with Gasteiger partial charge < -0.3 is 14.6 Å². The number of Topliss-reactive ketones (excluding diaryl/α,β-unsaturated/α-hetero) is 1. The second-order valence-corrected chi connectivity index (χ2v) is 5.24. The van der Waals surface area contributed by atoms with Crippen LogP contribution in [0, 0.1) is 5.92 Å². The number of aliphatic hydroxyl groups is 1. The number of ketones is 1. The van der Waals surface area contributed by atoms with Crippen LogP contribution in [0.25, 0.3) is 0 Å². The van der Waals surface area contributed by atoms with Gasteiger partial charge in [-0.3, -0.25) is 4.79 Å². The predicted octanol–water partition coefficient (Wildman–Crippen LogP) is 2.02. The third-order valence-corrected chi connectivity index (χ3v) is 2.65. The Hall–Kier alpha value is -1.03. The summed E-state index contributed by atoms with van der Waals surface area (Å²) in [4.78, 5) is 11.9. The van der Waals surface area contributed by atoms with Crippen molar-refractivity contribution in [3.63, 3.8) is 0 Å². The molecule has 0 fully saturated rings. The van der Waals surface area contributed by atoms with Crippen LogP contribution in [0.5, 0.6) is 0 Å². The molecule has 1 aliphatic carbocycles. The molecule has 0 aromatic carbocycles. The van der Waals surface area contributed by atoms with Gasteiger partial charge >= 0.3 is 0 Å². The topological polar surface area (TPSA) is 55.8 Å². The van der Waals surface area contributed by atoms with Crippen molar-refractivity contribution >= 4 is 5.78 Å². The summed E-state index contributed by atoms with van der Waals surface area (Å²) in [7, 11) is 0. The van der Waals surface area contributed by atoms with Gasteiger partial charge in [-0.1, -0.05) is 13.8 Å². The van der Waals surface area contributed by atoms with Gasteiger partial charge in [0, 0.05) is 0 Å². The third-order valence-electron chi connectivity index (χ3n) is 2.65. The lowest BCUT2D eigenvalue weighted by Crippen LogP contribution is -2.56. The molecular formula is C13H22O4. The zero-order valence-corrected chi connectivity index (χ0v) is 11.4. The maximum atomic E-state index is 11.9. The van der Waals surface area contributed by atoms with Gasteiger partial charge in [0.05, 0.1) is 12.2 Å². The molecule has 0 radical (unpaired) electrons. The first kappa shape index (κ1) is 14.0. The van der Waals surface area contributed by atoms with Gasteiger partial charge in [-0.2, -0.15) is 0 Å². The summed E-state index contributed by atoms with van der Waals surface area (Å²) in [5.74, 6) is -0.161. The second-order valence-electron chi connectivity index (χ2n) is 5.24. The van der Waals surface area contributed by atoms with Crippen molar-refractivity contribution in [2.45, 2.75) is 59.4 Å². The van der Waals surface area contributed by atoms with Crippen LogP contribution in [-0.2, 0) is 14.3 Å². The molecule has 0 amide bonds. The largest absolute Gasteiger partial charge is 0.488 e. The van der Waals surface area contributed by atoms with Crippen molar-refractivity contribution in [2.75, 3.05) is 0 Å². The maximum Gasteiger partial charge on any atom is 0.240 e. The molecule has 4 heteroatoms. The summed E-state index contributed by atoms with van der Waals surface area (Å²) in [6, 6.07) is 0. The first-order chi connectivity index (χ1) is 7.71. The normalized spacial score (nSPS) is 24.7. The molecule has 0 bridgehead atoms. The SMILES string of the molecule is CC(C)OC1=C(OC(C)C)C(O)(C(C)C)C1=O. The third kappa shape index (κ3) is 2.32. The fraction of sp³-hybridized carbons (Fsp3) is 0.769. The highest BCUT2D eigenvalue weighted by atomic mass is 16.6. The van der Waals surface area contributed by atoms with E-state index in [4.69, 9.17) is 9.47 Å². The molecule has 17 heavy (non-hydrogen) atoms. The lowest BCUT2D eigenvalue weighted by molar-refractivity contribution is -0.156. The Morgan fingerprint density at radius 1 is 1.00 bits per heavy atom. The van der Waals surface area contributed by atoms with Gasteiger partial charge in [0.1, 0.15) is 0 Å². The average Bonchev–Trinajstić information content (AvgIpc) is 2.21. The molecular weight excluding hydrogens is 220 g/mol. The molecule has 0 aliphatic heterocycles. The number of ether oxygens (including phenoxy) is 2. The monoisotopic (exact) mass is 242 g/mol. The Bertz CT molecular complexity index is 341. The van der Waals surface area contributed by atoms with Gasteiger partial charge in [0.2, 0.25) is 11.5 Å². The summed E-state index contributed by atoms with van der Waals surface area (Å²) < 4.78 is 10.9. The van der Waals surface area contributed by atoms with Gasteiger partial charge in [-0.15, -0.1) is 0 Å². The quantitative estimate of drug-likeness (QED) is 0.801. The molecule has 0 aromatic rings. The fourth-order valence-corrected chi connectivity index (χ4v) is 1.74. The van der Waals surface area contributed by atoms with Crippen LogP contribution in [0.4, 0.5) is 0 Å². The van der Waals surface area contributed by atoms with Crippen LogP contribution in [0.2, 0.25) is 0 Å². The minimum Gasteiger partial charge on any atom is -0.488 e. The van der Waals surface area contributed by atoms with Gasteiger partial charge in [0.15, 0.2) is 11.4 Å². The molecule has 1 aliphatic rings. The molecule has 0 saturated heterocycles. The Morgan fingerprint density at radius 3 is 1.82 bits per heavy atom. The van der Waals surface area contributed by atoms with Crippen molar-refractivity contribution < 1.29 is 19.4 Å². The first-order valence-corrected chi connectivity index (χ1v) is 6.06. The van der Waals surface area contributed by atoms with E-state index in [2.05, 4.69) is 0 Å². The highest BCUT2D eigenvalue weighted by molar-refractivity contribution is 6.10. The van der Waals surface area contributed by atoms with E-state index >= 15 is 0 Å². The summed E-state index contributed by atoms with van der Waals surface area (Å²) in [5.41, 5.74) is -1.52. The molecule has 0 heterocycles. The summed E-state index contributed by atoms with van der Waals surface area (Å²) in [5, 5.41) is 10.3. The predicted molar refractivity (Wildman–Crippen MR) is 64.3 cm³/mol. The van der Waals surface area contributed by atoms with Crippen LogP contribution in [0.3, 0.4) is 0 Å². The van der Waals surface area contributed by atoms with Crippen LogP contribution < -0.4 is 0 Å². The summed E-state index contributed by atoms with van der Waals surface area (Å²) in [6.45, 7) is 10.9. The van der Waals surface area contributed by atoms with E-state index in [-0.39, 0.29) is 35.4 Å². The average molecular weight is 242 g/mol. The first-order valence-electron chi connectivity index (χ1n) is 6.06. The van der Waals surface area contributed by atoms with Crippen LogP contribution in [0.15, 0.2) is 11.5 Å². The molecule has 1 N–H and O–H groups in total. The summed E-state index contributed by atoms with van der Waals surface area (Å²) >= 11 is 0. The van der Waals surface area contributed by atoms with E-state index in [9.17, 15) is 9.90 Å². The zero-order valence-electron chi connectivity index (χ0n) is 11.4. The van der Waals surface area contributed by atoms with Gasteiger partial charge in [-0.25, -0.2) is 0 Å². The van der Waals surface area contributed by atoms with E-state index in [1.54, 1.807) is 13.8 Å². The second kappa shape index (κ2) is 4.69. The number of hydrogen-bond acceptors (Lipinski definition) is 4. The molecule has 0 aromatic heterocycles. The van der Waals surface area contributed by atoms with E-state index in [0.29, 0.717) is 0 Å². The molecule has 98 valence electrons. The summed E-state index contributed by atoms with van der Waals surface area (Å²) in [6.07, 6.45) is -0.217. The van der Waals surface area contributed by atoms with Crippen molar-refractivity contribution in [2.24, 2.45) is 5.92 Å². The van der Waals surface area contributed by atoms with Gasteiger partial charge in [-0.05, 0) is 33.6 Å². The van der Waals surface area contributed by atoms with Crippen molar-refractivity contribution in [1.82, 2.24) is 0 Å². The number of rotatable bonds is 5. The Morgan fingerprint density at radius 2 is 1.47 bits per heavy atom. The number of carbonyl (C=O) groups is 1. The van der Waals surface area contributed by atoms with Crippen molar-refractivity contribution in [3.8, 4) is 0 Å². The number of hydrogen-bond donors (Lipinski definition) is 1. The van der Waals surface area contributed by atoms with E-state index in [0.717, 1.165) is 0 Å². The highest BCUT2D eigenvalue weighted by Gasteiger charge is 2.58. The van der Waals surface area contributed by atoms with Crippen LogP contribution in [-0.4, -0.2) is 28.7 Å². The Labute approximate surface area is 103 Å². The Balaban J connectivity index is 3.06. The van der Waals surface area contributed by atoms with Crippen LogP contribution in [0.1, 0.15) is 41.5 Å². The molecule has 4 nitrogen and oxygen atoms in total. The smallest absolute Gasteiger partial charge is 0.240 e. The lowest BCUT2D eigenvalue weighted by Gasteiger charge is -2.42. The molecule has 1 rings (SSSR count). The van der Waals surface area contributed by atoms with E-state index in [1.807, 2.05) is 27.7 Å². The maximum absolute atomic E-state index is 11.9. The molecule has 1 atom stereocenters. The fourth-order valence-electron chi connectivity index (χ4n) is 1.74. The van der Waals surface area contributed by atoms with Crippen molar-refractivity contribution in [1.29, 1.82) is 0 Å². The standard InChI is InChI=1S/C13H22O4/c1-7(2)13(15)11(14)10(16-8(3)4)12(13)17-9(5)6/h7-9,15H,1-6H3. The minimum absolute atomic E-state index is 0.103. The van der Waals surface area contributed by atoms with E-state index in [1.165, 1.54) is 0 Å². The highest BCUT2D eigenvalue weighted by Crippen LogP contribution is 2.42. The number of carbonyl (C=O) groups excluding carboxylic acids is 1. The Kier molecular flexibility index (Phi) is 3.87. The minimum atomic E-state index is -1.52. The van der Waals surface area contributed by atoms with Crippen LogP contribution >= 0.6 is 0 Å². The lowest BCUT2D eigenvalue weighted by atomic mass is 9.74. The van der Waals surface area contributed by atoms with Crippen molar-refractivity contribution in [3.05, 3.63) is 11.5 Å². The van der Waals surface area contributed by atoms with E-state index < -0.39 is 5.60 Å². The molecule has 0 saturated carbocycles. The van der Waals surface area contributed by atoms with Gasteiger partial charge in [0.25, 0.3) is 0 Å². The molecule has 1 unspecified atom stereocenters. The zero-order chi connectivity index (χ0) is 13.4. The molecule has 0 spiro atoms.